The van der Waals surface area contributed by atoms with E-state index in [1.807, 2.05) is 48.2 Å². The first-order valence-electron chi connectivity index (χ1n) is 9.63. The van der Waals surface area contributed by atoms with Gasteiger partial charge in [-0.15, -0.1) is 0 Å². The van der Waals surface area contributed by atoms with Crippen molar-refractivity contribution in [3.8, 4) is 0 Å². The number of aromatic nitrogens is 1. The molecule has 0 spiro atoms. The summed E-state index contributed by atoms with van der Waals surface area (Å²) in [5, 5.41) is 3.54. The van der Waals surface area contributed by atoms with E-state index in [1.54, 1.807) is 24.4 Å². The highest BCUT2D eigenvalue weighted by atomic mass is 35.5. The molecular formula is C24H25ClN4O. The molecule has 0 saturated carbocycles. The maximum atomic E-state index is 13.2. The standard InChI is InChI=1S/C24H25ClN4O/c1-4-19(26)10-8-16(2)15-29-17(3)21-11-9-18(25)13-22(21)28-24(30)23(29)14-20-7-5-6-12-27-20/h4-13,23H,2-3,14-15,26H2,1H3,(H,28,30)/b10-8-,19-4+. The number of allylic oxidation sites excluding steroid dienone is 2. The fraction of sp³-hybridized carbons (Fsp3) is 0.167. The second-order valence-corrected chi connectivity index (χ2v) is 7.51. The van der Waals surface area contributed by atoms with Gasteiger partial charge < -0.3 is 16.0 Å². The zero-order chi connectivity index (χ0) is 21.7. The van der Waals surface area contributed by atoms with E-state index in [0.29, 0.717) is 29.4 Å². The summed E-state index contributed by atoms with van der Waals surface area (Å²) in [6.45, 7) is 10.7. The second-order valence-electron chi connectivity index (χ2n) is 7.08. The molecule has 6 heteroatoms. The fourth-order valence-electron chi connectivity index (χ4n) is 3.28. The summed E-state index contributed by atoms with van der Waals surface area (Å²) in [5.74, 6) is -0.146. The Hall–Kier alpha value is -3.31. The highest BCUT2D eigenvalue weighted by Gasteiger charge is 2.32. The maximum Gasteiger partial charge on any atom is 0.247 e. The van der Waals surface area contributed by atoms with Crippen molar-refractivity contribution in [1.29, 1.82) is 0 Å². The first kappa shape index (κ1) is 21.4. The van der Waals surface area contributed by atoms with Gasteiger partial charge in [-0.3, -0.25) is 9.78 Å². The van der Waals surface area contributed by atoms with Gasteiger partial charge in [-0.05, 0) is 48.9 Å². The van der Waals surface area contributed by atoms with Crippen LogP contribution in [0.3, 0.4) is 0 Å². The van der Waals surface area contributed by atoms with Gasteiger partial charge >= 0.3 is 0 Å². The number of amides is 1. The van der Waals surface area contributed by atoms with E-state index in [9.17, 15) is 4.79 Å². The zero-order valence-corrected chi connectivity index (χ0v) is 17.7. The number of rotatable bonds is 6. The van der Waals surface area contributed by atoms with Gasteiger partial charge in [0.05, 0.1) is 5.69 Å². The largest absolute Gasteiger partial charge is 0.399 e. The van der Waals surface area contributed by atoms with Crippen LogP contribution in [0.25, 0.3) is 5.70 Å². The van der Waals surface area contributed by atoms with Crippen LogP contribution >= 0.6 is 11.6 Å². The van der Waals surface area contributed by atoms with Crippen LogP contribution in [0.5, 0.6) is 0 Å². The quantitative estimate of drug-likeness (QED) is 0.672. The van der Waals surface area contributed by atoms with E-state index in [-0.39, 0.29) is 5.91 Å². The summed E-state index contributed by atoms with van der Waals surface area (Å²) < 4.78 is 0. The number of carbonyl (C=O) groups excluding carboxylic acids is 1. The third-order valence-corrected chi connectivity index (χ3v) is 5.16. The molecule has 0 fully saturated rings. The number of halogens is 1. The van der Waals surface area contributed by atoms with E-state index < -0.39 is 6.04 Å². The predicted octanol–water partition coefficient (Wildman–Crippen LogP) is 4.55. The lowest BCUT2D eigenvalue weighted by molar-refractivity contribution is -0.120. The summed E-state index contributed by atoms with van der Waals surface area (Å²) in [6, 6.07) is 10.6. The average Bonchev–Trinajstić information content (AvgIpc) is 2.82. The SMILES string of the molecule is C=C(/C=C\C(N)=C/C)CN1C(=C)c2ccc(Cl)cc2NC(=O)C1Cc1ccccn1. The summed E-state index contributed by atoms with van der Waals surface area (Å²) in [6.07, 6.45) is 7.61. The summed E-state index contributed by atoms with van der Waals surface area (Å²) in [7, 11) is 0. The monoisotopic (exact) mass is 420 g/mol. The van der Waals surface area contributed by atoms with E-state index in [4.69, 9.17) is 17.3 Å². The lowest BCUT2D eigenvalue weighted by Gasteiger charge is -2.32. The van der Waals surface area contributed by atoms with Crippen molar-refractivity contribution < 1.29 is 4.79 Å². The van der Waals surface area contributed by atoms with Gasteiger partial charge in [0.15, 0.2) is 0 Å². The van der Waals surface area contributed by atoms with Gasteiger partial charge in [-0.2, -0.15) is 0 Å². The van der Waals surface area contributed by atoms with E-state index in [2.05, 4.69) is 23.5 Å². The third kappa shape index (κ3) is 4.99. The zero-order valence-electron chi connectivity index (χ0n) is 16.9. The second kappa shape index (κ2) is 9.46. The average molecular weight is 421 g/mol. The number of pyridine rings is 1. The molecule has 1 aliphatic heterocycles. The van der Waals surface area contributed by atoms with Gasteiger partial charge in [-0.1, -0.05) is 43.0 Å². The van der Waals surface area contributed by atoms with Crippen LogP contribution < -0.4 is 11.1 Å². The van der Waals surface area contributed by atoms with Gasteiger partial charge in [0, 0.05) is 46.8 Å². The van der Waals surface area contributed by atoms with E-state index >= 15 is 0 Å². The number of anilines is 1. The molecule has 3 rings (SSSR count). The number of nitrogens with two attached hydrogens (primary N) is 1. The van der Waals surface area contributed by atoms with Crippen LogP contribution in [0.15, 0.2) is 85.3 Å². The minimum atomic E-state index is -0.511. The van der Waals surface area contributed by atoms with Gasteiger partial charge in [0.2, 0.25) is 5.91 Å². The lowest BCUT2D eigenvalue weighted by Crippen LogP contribution is -2.43. The van der Waals surface area contributed by atoms with Crippen LogP contribution in [0, 0.1) is 0 Å². The number of carbonyl (C=O) groups is 1. The molecule has 1 amide bonds. The molecule has 1 aromatic carbocycles. The minimum Gasteiger partial charge on any atom is -0.399 e. The van der Waals surface area contributed by atoms with Gasteiger partial charge in [0.1, 0.15) is 6.04 Å². The van der Waals surface area contributed by atoms with Crippen LogP contribution in [-0.4, -0.2) is 28.4 Å². The number of hydrogen-bond acceptors (Lipinski definition) is 4. The van der Waals surface area contributed by atoms with Crippen LogP contribution in [-0.2, 0) is 11.2 Å². The highest BCUT2D eigenvalue weighted by Crippen LogP contribution is 2.34. The Morgan fingerprint density at radius 1 is 1.33 bits per heavy atom. The molecule has 5 nitrogen and oxygen atoms in total. The Morgan fingerprint density at radius 2 is 2.13 bits per heavy atom. The summed E-state index contributed by atoms with van der Waals surface area (Å²) >= 11 is 6.15. The normalized spacial score (nSPS) is 16.9. The van der Waals surface area contributed by atoms with E-state index in [0.717, 1.165) is 22.5 Å². The topological polar surface area (TPSA) is 71.2 Å². The first-order valence-corrected chi connectivity index (χ1v) is 10.0. The molecule has 3 N–H and O–H groups in total. The lowest BCUT2D eigenvalue weighted by atomic mass is 10.0. The van der Waals surface area contributed by atoms with Crippen molar-refractivity contribution in [3.05, 3.63) is 102 Å². The molecular weight excluding hydrogens is 396 g/mol. The maximum absolute atomic E-state index is 13.2. The van der Waals surface area contributed by atoms with Crippen molar-refractivity contribution in [2.45, 2.75) is 19.4 Å². The Morgan fingerprint density at radius 3 is 2.83 bits per heavy atom. The predicted molar refractivity (Wildman–Crippen MR) is 124 cm³/mol. The molecule has 1 aromatic heterocycles. The van der Waals surface area contributed by atoms with Crippen LogP contribution in [0.2, 0.25) is 5.02 Å². The van der Waals surface area contributed by atoms with Crippen molar-refractivity contribution in [2.75, 3.05) is 11.9 Å². The Kier molecular flexibility index (Phi) is 6.75. The Labute approximate surface area is 182 Å². The van der Waals surface area contributed by atoms with Crippen molar-refractivity contribution in [3.63, 3.8) is 0 Å². The summed E-state index contributed by atoms with van der Waals surface area (Å²) in [5.41, 5.74) is 10.3. The molecule has 1 aliphatic rings. The number of hydrogen-bond donors (Lipinski definition) is 2. The Bertz CT molecular complexity index is 1030. The first-order chi connectivity index (χ1) is 14.4. The van der Waals surface area contributed by atoms with Crippen molar-refractivity contribution in [2.24, 2.45) is 5.73 Å². The molecule has 154 valence electrons. The van der Waals surface area contributed by atoms with Crippen molar-refractivity contribution in [1.82, 2.24) is 9.88 Å². The van der Waals surface area contributed by atoms with Crippen LogP contribution in [0.1, 0.15) is 18.2 Å². The van der Waals surface area contributed by atoms with Gasteiger partial charge in [-0.25, -0.2) is 0 Å². The number of fused-ring (bicyclic) bond motifs is 1. The number of nitrogens with one attached hydrogen (secondary N) is 1. The molecule has 0 saturated heterocycles. The Balaban J connectivity index is 1.97. The molecule has 2 aromatic rings. The highest BCUT2D eigenvalue weighted by molar-refractivity contribution is 6.31. The molecule has 0 radical (unpaired) electrons. The number of benzene rings is 1. The third-order valence-electron chi connectivity index (χ3n) is 4.92. The molecule has 1 atom stereocenters. The van der Waals surface area contributed by atoms with E-state index in [1.165, 1.54) is 0 Å². The summed E-state index contributed by atoms with van der Waals surface area (Å²) in [4.78, 5) is 19.6. The number of nitrogens with zero attached hydrogens (tertiary/aromatic N) is 2. The fourth-order valence-corrected chi connectivity index (χ4v) is 3.45. The van der Waals surface area contributed by atoms with Gasteiger partial charge in [0.25, 0.3) is 0 Å². The molecule has 0 bridgehead atoms. The molecule has 1 unspecified atom stereocenters. The molecule has 30 heavy (non-hydrogen) atoms. The molecule has 2 heterocycles. The van der Waals surface area contributed by atoms with Crippen molar-refractivity contribution >= 4 is 28.9 Å². The molecule has 0 aliphatic carbocycles. The minimum absolute atomic E-state index is 0.146. The van der Waals surface area contributed by atoms with Crippen LogP contribution in [0.4, 0.5) is 5.69 Å². The smallest absolute Gasteiger partial charge is 0.247 e.